The lowest BCUT2D eigenvalue weighted by Crippen LogP contribution is -2.20. The molecular weight excluding hydrogens is 340 g/mol. The van der Waals surface area contributed by atoms with E-state index in [1.807, 2.05) is 0 Å². The van der Waals surface area contributed by atoms with Gasteiger partial charge in [-0.15, -0.1) is 0 Å². The number of hydrogen-bond donors (Lipinski definition) is 0. The Balaban J connectivity index is 1.76. The van der Waals surface area contributed by atoms with E-state index in [0.717, 1.165) is 12.8 Å². The summed E-state index contributed by atoms with van der Waals surface area (Å²) in [4.78, 5) is 11.6. The Morgan fingerprint density at radius 3 is 1.92 bits per heavy atom. The zero-order chi connectivity index (χ0) is 18.2. The van der Waals surface area contributed by atoms with Crippen LogP contribution in [0.2, 0.25) is 0 Å². The van der Waals surface area contributed by atoms with Crippen LogP contribution in [0, 0.1) is 0 Å². The third kappa shape index (κ3) is 13.4. The fraction of sp³-hybridized carbons (Fsp3) is 0.947. The Labute approximate surface area is 156 Å². The predicted octanol–water partition coefficient (Wildman–Crippen LogP) is 5.01. The number of unbranched alkanes of at least 4 members (excludes halogenated alkanes) is 12. The lowest BCUT2D eigenvalue weighted by molar-refractivity contribution is -0.145. The van der Waals surface area contributed by atoms with E-state index in [9.17, 15) is 9.00 Å². The van der Waals surface area contributed by atoms with E-state index >= 15 is 0 Å². The predicted molar refractivity (Wildman–Crippen MR) is 100 cm³/mol. The Hall–Kier alpha value is -0.460. The fourth-order valence-corrected chi connectivity index (χ4v) is 3.57. The molecule has 1 saturated heterocycles. The van der Waals surface area contributed by atoms with Crippen LogP contribution in [-0.2, 0) is 29.3 Å². The molecule has 0 amide bonds. The average molecular weight is 377 g/mol. The van der Waals surface area contributed by atoms with Gasteiger partial charge in [-0.3, -0.25) is 13.2 Å². The second kappa shape index (κ2) is 15.8. The van der Waals surface area contributed by atoms with Gasteiger partial charge in [-0.25, -0.2) is 0 Å². The summed E-state index contributed by atoms with van der Waals surface area (Å²) in [5.74, 6) is -0.204. The van der Waals surface area contributed by atoms with Crippen LogP contribution >= 0.6 is 0 Å². The van der Waals surface area contributed by atoms with Gasteiger partial charge in [-0.1, -0.05) is 84.0 Å². The van der Waals surface area contributed by atoms with Crippen molar-refractivity contribution in [3.05, 3.63) is 0 Å². The van der Waals surface area contributed by atoms with E-state index in [4.69, 9.17) is 13.1 Å². The van der Waals surface area contributed by atoms with E-state index in [0.29, 0.717) is 6.42 Å². The monoisotopic (exact) mass is 376 g/mol. The third-order valence-corrected chi connectivity index (χ3v) is 5.24. The topological polar surface area (TPSA) is 61.8 Å². The summed E-state index contributed by atoms with van der Waals surface area (Å²) in [5, 5.41) is 0. The second-order valence-corrected chi connectivity index (χ2v) is 7.72. The highest BCUT2D eigenvalue weighted by atomic mass is 32.2. The molecule has 2 atom stereocenters. The van der Waals surface area contributed by atoms with Gasteiger partial charge >= 0.3 is 17.3 Å². The normalized spacial score (nSPS) is 20.0. The van der Waals surface area contributed by atoms with Crippen molar-refractivity contribution in [2.75, 3.05) is 13.2 Å². The molecule has 1 aliphatic rings. The quantitative estimate of drug-likeness (QED) is 0.280. The van der Waals surface area contributed by atoms with E-state index < -0.39 is 17.5 Å². The van der Waals surface area contributed by atoms with Gasteiger partial charge in [0.25, 0.3) is 0 Å². The van der Waals surface area contributed by atoms with Gasteiger partial charge < -0.3 is 4.74 Å². The maximum atomic E-state index is 11.6. The molecule has 0 spiro atoms. The zero-order valence-corrected chi connectivity index (χ0v) is 16.7. The molecule has 0 radical (unpaired) electrons. The molecule has 1 heterocycles. The van der Waals surface area contributed by atoms with Crippen molar-refractivity contribution in [1.82, 2.24) is 0 Å². The van der Waals surface area contributed by atoms with Crippen molar-refractivity contribution < 1.29 is 22.1 Å². The second-order valence-electron chi connectivity index (χ2n) is 6.88. The Bertz CT molecular complexity index is 362. The highest BCUT2D eigenvalue weighted by Crippen LogP contribution is 2.13. The number of hydrogen-bond acceptors (Lipinski definition) is 5. The summed E-state index contributed by atoms with van der Waals surface area (Å²) in [6.07, 6.45) is 16.8. The summed E-state index contributed by atoms with van der Waals surface area (Å²) >= 11 is -1.67. The number of carbonyl (C=O) groups is 1. The molecule has 148 valence electrons. The molecule has 1 rings (SSSR count). The van der Waals surface area contributed by atoms with Crippen molar-refractivity contribution in [1.29, 1.82) is 0 Å². The zero-order valence-electron chi connectivity index (χ0n) is 15.8. The van der Waals surface area contributed by atoms with Crippen molar-refractivity contribution in [3.8, 4) is 0 Å². The molecule has 0 aromatic rings. The lowest BCUT2D eigenvalue weighted by Gasteiger charge is -2.07. The van der Waals surface area contributed by atoms with Gasteiger partial charge in [0.05, 0.1) is 6.61 Å². The summed E-state index contributed by atoms with van der Waals surface area (Å²) in [5.41, 5.74) is 0. The molecule has 1 aliphatic heterocycles. The van der Waals surface area contributed by atoms with Gasteiger partial charge in [0.15, 0.2) is 0 Å². The molecule has 0 N–H and O–H groups in total. The molecule has 0 saturated carbocycles. The molecule has 5 nitrogen and oxygen atoms in total. The maximum absolute atomic E-state index is 11.6. The molecule has 6 heteroatoms. The van der Waals surface area contributed by atoms with Crippen LogP contribution in [0.3, 0.4) is 0 Å². The summed E-state index contributed by atoms with van der Waals surface area (Å²) in [7, 11) is 0. The van der Waals surface area contributed by atoms with Crippen LogP contribution in [0.4, 0.5) is 0 Å². The SMILES string of the molecule is CCCCCCCCCCCCCCCC(=O)OC[C@H]1COS(=O)O1. The van der Waals surface area contributed by atoms with Crippen LogP contribution in [0.5, 0.6) is 0 Å². The first-order valence-corrected chi connectivity index (χ1v) is 11.1. The van der Waals surface area contributed by atoms with Gasteiger partial charge in [-0.2, -0.15) is 4.21 Å². The summed E-state index contributed by atoms with van der Waals surface area (Å²) in [6, 6.07) is 0. The minimum absolute atomic E-state index is 0.128. The van der Waals surface area contributed by atoms with E-state index in [2.05, 4.69) is 6.92 Å². The molecule has 0 aromatic carbocycles. The molecule has 0 aromatic heterocycles. The van der Waals surface area contributed by atoms with Crippen molar-refractivity contribution in [2.45, 2.75) is 103 Å². The number of esters is 1. The minimum Gasteiger partial charge on any atom is -0.463 e. The van der Waals surface area contributed by atoms with Gasteiger partial charge in [-0.05, 0) is 6.42 Å². The number of rotatable bonds is 16. The highest BCUT2D eigenvalue weighted by molar-refractivity contribution is 7.75. The van der Waals surface area contributed by atoms with E-state index in [-0.39, 0.29) is 19.2 Å². The van der Waals surface area contributed by atoms with Crippen LogP contribution in [0.15, 0.2) is 0 Å². The first-order chi connectivity index (χ1) is 12.2. The van der Waals surface area contributed by atoms with Crippen LogP contribution in [0.25, 0.3) is 0 Å². The van der Waals surface area contributed by atoms with Gasteiger partial charge in [0.1, 0.15) is 12.7 Å². The van der Waals surface area contributed by atoms with E-state index in [1.165, 1.54) is 70.6 Å². The van der Waals surface area contributed by atoms with Gasteiger partial charge in [0.2, 0.25) is 0 Å². The molecular formula is C19H36O5S. The summed E-state index contributed by atoms with van der Waals surface area (Å²) in [6.45, 7) is 2.61. The van der Waals surface area contributed by atoms with Crippen LogP contribution < -0.4 is 0 Å². The smallest absolute Gasteiger partial charge is 0.305 e. The van der Waals surface area contributed by atoms with Crippen molar-refractivity contribution in [2.24, 2.45) is 0 Å². The lowest BCUT2D eigenvalue weighted by atomic mass is 10.0. The fourth-order valence-electron chi connectivity index (χ4n) is 2.92. The average Bonchev–Trinajstić information content (AvgIpc) is 3.02. The molecule has 0 bridgehead atoms. The first kappa shape index (κ1) is 22.6. The third-order valence-electron chi connectivity index (χ3n) is 4.48. The summed E-state index contributed by atoms with van der Waals surface area (Å²) < 4.78 is 25.6. The molecule has 0 aliphatic carbocycles. The number of carbonyl (C=O) groups excluding carboxylic acids is 1. The van der Waals surface area contributed by atoms with Crippen molar-refractivity contribution in [3.63, 3.8) is 0 Å². The van der Waals surface area contributed by atoms with Crippen LogP contribution in [-0.4, -0.2) is 29.5 Å². The first-order valence-electron chi connectivity index (χ1n) is 10.1. The largest absolute Gasteiger partial charge is 0.463 e. The van der Waals surface area contributed by atoms with Crippen LogP contribution in [0.1, 0.15) is 96.8 Å². The Morgan fingerprint density at radius 1 is 0.920 bits per heavy atom. The number of ether oxygens (including phenoxy) is 1. The standard InChI is InChI=1S/C19H36O5S/c1-2-3-4-5-6-7-8-9-10-11-12-13-14-15-19(20)22-16-18-17-23-25(21)24-18/h18H,2-17H2,1H3/t18-,25?/m0/s1. The van der Waals surface area contributed by atoms with Gasteiger partial charge in [0, 0.05) is 6.42 Å². The Morgan fingerprint density at radius 2 is 1.44 bits per heavy atom. The molecule has 1 fully saturated rings. The molecule has 1 unspecified atom stereocenters. The Kier molecular flexibility index (Phi) is 14.2. The molecule has 25 heavy (non-hydrogen) atoms. The maximum Gasteiger partial charge on any atom is 0.305 e. The van der Waals surface area contributed by atoms with Crippen molar-refractivity contribution >= 4 is 17.3 Å². The highest BCUT2D eigenvalue weighted by Gasteiger charge is 2.24. The minimum atomic E-state index is -1.67. The van der Waals surface area contributed by atoms with E-state index in [1.54, 1.807) is 0 Å².